The average molecular weight is 335 g/mol. The molecule has 0 aromatic carbocycles. The van der Waals surface area contributed by atoms with E-state index in [1.807, 2.05) is 18.7 Å². The highest BCUT2D eigenvalue weighted by molar-refractivity contribution is 7.22. The van der Waals surface area contributed by atoms with E-state index in [0.717, 1.165) is 46.6 Å². The van der Waals surface area contributed by atoms with E-state index < -0.39 is 0 Å². The van der Waals surface area contributed by atoms with Crippen LogP contribution in [0, 0.1) is 6.92 Å². The molecule has 3 rings (SSSR count). The summed E-state index contributed by atoms with van der Waals surface area (Å²) in [7, 11) is 3.62. The van der Waals surface area contributed by atoms with Crippen molar-refractivity contribution in [3.8, 4) is 0 Å². The van der Waals surface area contributed by atoms with Crippen LogP contribution >= 0.6 is 11.3 Å². The second-order valence-electron chi connectivity index (χ2n) is 5.48. The largest absolute Gasteiger partial charge is 0.385 e. The standard InChI is InChI=1S/C14H21N7OS/c1-9-11-13(20(3)19-9)17-14(23-11)16-10(2)12-18-15-8-21(12)6-5-7-22-4/h8,10H,5-7H2,1-4H3,(H,16,17)/t10-/m0/s1. The Morgan fingerprint density at radius 1 is 1.43 bits per heavy atom. The van der Waals surface area contributed by atoms with Gasteiger partial charge in [-0.15, -0.1) is 10.2 Å². The van der Waals surface area contributed by atoms with E-state index in [1.54, 1.807) is 24.8 Å². The molecular formula is C14H21N7OS. The average Bonchev–Trinajstić information content (AvgIpc) is 3.19. The summed E-state index contributed by atoms with van der Waals surface area (Å²) in [5.41, 5.74) is 1.91. The van der Waals surface area contributed by atoms with Crippen molar-refractivity contribution in [2.45, 2.75) is 32.9 Å². The summed E-state index contributed by atoms with van der Waals surface area (Å²) >= 11 is 1.61. The molecule has 0 spiro atoms. The van der Waals surface area contributed by atoms with Crippen molar-refractivity contribution < 1.29 is 4.74 Å². The van der Waals surface area contributed by atoms with Crippen LogP contribution in [0.3, 0.4) is 0 Å². The zero-order valence-electron chi connectivity index (χ0n) is 13.8. The van der Waals surface area contributed by atoms with E-state index in [4.69, 9.17) is 4.74 Å². The number of fused-ring (bicyclic) bond motifs is 1. The summed E-state index contributed by atoms with van der Waals surface area (Å²) in [4.78, 5) is 4.62. The van der Waals surface area contributed by atoms with E-state index in [1.165, 1.54) is 0 Å². The fourth-order valence-electron chi connectivity index (χ4n) is 2.55. The molecule has 124 valence electrons. The Hall–Kier alpha value is -2.00. The van der Waals surface area contributed by atoms with Crippen LogP contribution in [0.4, 0.5) is 5.13 Å². The van der Waals surface area contributed by atoms with Crippen molar-refractivity contribution in [1.29, 1.82) is 0 Å². The Bertz CT molecular complexity index is 756. The van der Waals surface area contributed by atoms with Gasteiger partial charge < -0.3 is 14.6 Å². The maximum atomic E-state index is 5.10. The van der Waals surface area contributed by atoms with E-state index in [2.05, 4.69) is 37.1 Å². The number of aromatic nitrogens is 6. The number of rotatable bonds is 7. The molecule has 0 aliphatic carbocycles. The lowest BCUT2D eigenvalue weighted by molar-refractivity contribution is 0.190. The van der Waals surface area contributed by atoms with Gasteiger partial charge in [-0.25, -0.2) is 9.67 Å². The summed E-state index contributed by atoms with van der Waals surface area (Å²) in [6.45, 7) is 5.63. The van der Waals surface area contributed by atoms with Crippen LogP contribution in [0.2, 0.25) is 0 Å². The number of nitrogens with one attached hydrogen (secondary N) is 1. The van der Waals surface area contributed by atoms with Crippen molar-refractivity contribution in [2.75, 3.05) is 19.0 Å². The predicted molar refractivity (Wildman–Crippen MR) is 89.7 cm³/mol. The smallest absolute Gasteiger partial charge is 0.186 e. The summed E-state index contributed by atoms with van der Waals surface area (Å²) < 4.78 is 10.1. The van der Waals surface area contributed by atoms with E-state index >= 15 is 0 Å². The number of aryl methyl sites for hydroxylation is 3. The highest BCUT2D eigenvalue weighted by atomic mass is 32.1. The summed E-state index contributed by atoms with van der Waals surface area (Å²) in [5.74, 6) is 0.898. The molecule has 0 radical (unpaired) electrons. The SMILES string of the molecule is COCCCn1cnnc1[C@H](C)Nc1nc2c(s1)c(C)nn2C. The fourth-order valence-corrected chi connectivity index (χ4v) is 3.57. The molecule has 0 saturated heterocycles. The molecule has 23 heavy (non-hydrogen) atoms. The van der Waals surface area contributed by atoms with Crippen LogP contribution in [0.5, 0.6) is 0 Å². The molecule has 3 aromatic rings. The zero-order valence-corrected chi connectivity index (χ0v) is 14.6. The summed E-state index contributed by atoms with van der Waals surface area (Å²) in [5, 5.41) is 16.9. The second kappa shape index (κ2) is 6.63. The number of ether oxygens (including phenoxy) is 1. The molecule has 0 fully saturated rings. The van der Waals surface area contributed by atoms with Gasteiger partial charge in [0.2, 0.25) is 0 Å². The first-order valence-electron chi connectivity index (χ1n) is 7.53. The lowest BCUT2D eigenvalue weighted by Gasteiger charge is -2.13. The van der Waals surface area contributed by atoms with Gasteiger partial charge in [0.05, 0.1) is 16.4 Å². The molecular weight excluding hydrogens is 314 g/mol. The minimum atomic E-state index is 0.0221. The van der Waals surface area contributed by atoms with Gasteiger partial charge in [0.1, 0.15) is 6.33 Å². The maximum absolute atomic E-state index is 5.10. The zero-order chi connectivity index (χ0) is 16.4. The Kier molecular flexibility index (Phi) is 4.58. The first-order chi connectivity index (χ1) is 11.1. The molecule has 1 N–H and O–H groups in total. The van der Waals surface area contributed by atoms with Crippen LogP contribution in [0.25, 0.3) is 10.3 Å². The molecule has 0 unspecified atom stereocenters. The number of anilines is 1. The number of nitrogens with zero attached hydrogens (tertiary/aromatic N) is 6. The highest BCUT2D eigenvalue weighted by Crippen LogP contribution is 2.30. The third-order valence-corrected chi connectivity index (χ3v) is 4.75. The number of methoxy groups -OCH3 is 1. The van der Waals surface area contributed by atoms with Crippen LogP contribution in [0.15, 0.2) is 6.33 Å². The van der Waals surface area contributed by atoms with Crippen LogP contribution in [0.1, 0.15) is 30.9 Å². The molecule has 0 aliphatic heterocycles. The minimum Gasteiger partial charge on any atom is -0.385 e. The Labute approximate surface area is 138 Å². The summed E-state index contributed by atoms with van der Waals surface area (Å²) in [6, 6.07) is 0.0221. The number of thiazole rings is 1. The molecule has 3 heterocycles. The van der Waals surface area contributed by atoms with Gasteiger partial charge in [-0.1, -0.05) is 11.3 Å². The minimum absolute atomic E-state index is 0.0221. The van der Waals surface area contributed by atoms with Gasteiger partial charge in [0.15, 0.2) is 16.6 Å². The molecule has 0 amide bonds. The third-order valence-electron chi connectivity index (χ3n) is 3.66. The Balaban J connectivity index is 1.74. The first kappa shape index (κ1) is 15.9. The van der Waals surface area contributed by atoms with Gasteiger partial charge in [-0.3, -0.25) is 0 Å². The van der Waals surface area contributed by atoms with Crippen LogP contribution in [-0.4, -0.2) is 43.2 Å². The first-order valence-corrected chi connectivity index (χ1v) is 8.35. The molecule has 0 bridgehead atoms. The van der Waals surface area contributed by atoms with E-state index in [0.29, 0.717) is 0 Å². The topological polar surface area (TPSA) is 82.7 Å². The van der Waals surface area contributed by atoms with Gasteiger partial charge in [-0.2, -0.15) is 5.10 Å². The molecule has 8 nitrogen and oxygen atoms in total. The van der Waals surface area contributed by atoms with Crippen molar-refractivity contribution in [2.24, 2.45) is 7.05 Å². The number of hydrogen-bond donors (Lipinski definition) is 1. The van der Waals surface area contributed by atoms with Crippen molar-refractivity contribution in [3.05, 3.63) is 17.8 Å². The van der Waals surface area contributed by atoms with E-state index in [-0.39, 0.29) is 6.04 Å². The Morgan fingerprint density at radius 3 is 3.00 bits per heavy atom. The third kappa shape index (κ3) is 3.20. The molecule has 1 atom stereocenters. The number of hydrogen-bond acceptors (Lipinski definition) is 7. The molecule has 3 aromatic heterocycles. The van der Waals surface area contributed by atoms with Crippen molar-refractivity contribution >= 4 is 26.8 Å². The van der Waals surface area contributed by atoms with Crippen LogP contribution < -0.4 is 5.32 Å². The monoisotopic (exact) mass is 335 g/mol. The van der Waals surface area contributed by atoms with Gasteiger partial charge >= 0.3 is 0 Å². The molecule has 0 saturated carbocycles. The van der Waals surface area contributed by atoms with Crippen molar-refractivity contribution in [1.82, 2.24) is 29.5 Å². The van der Waals surface area contributed by atoms with Gasteiger partial charge in [-0.05, 0) is 20.3 Å². The van der Waals surface area contributed by atoms with Gasteiger partial charge in [0, 0.05) is 27.3 Å². The normalized spacial score (nSPS) is 12.9. The quantitative estimate of drug-likeness (QED) is 0.666. The lowest BCUT2D eigenvalue weighted by Crippen LogP contribution is -2.14. The predicted octanol–water partition coefficient (Wildman–Crippen LogP) is 2.14. The molecule has 0 aliphatic rings. The summed E-state index contributed by atoms with van der Waals surface area (Å²) in [6.07, 6.45) is 2.69. The van der Waals surface area contributed by atoms with Crippen LogP contribution in [-0.2, 0) is 18.3 Å². The second-order valence-corrected chi connectivity index (χ2v) is 6.47. The van der Waals surface area contributed by atoms with Crippen molar-refractivity contribution in [3.63, 3.8) is 0 Å². The van der Waals surface area contributed by atoms with Gasteiger partial charge in [0.25, 0.3) is 0 Å². The lowest BCUT2D eigenvalue weighted by atomic mass is 10.3. The fraction of sp³-hybridized carbons (Fsp3) is 0.571. The highest BCUT2D eigenvalue weighted by Gasteiger charge is 2.17. The Morgan fingerprint density at radius 2 is 2.26 bits per heavy atom. The maximum Gasteiger partial charge on any atom is 0.186 e. The molecule has 9 heteroatoms. The van der Waals surface area contributed by atoms with E-state index in [9.17, 15) is 0 Å².